The maximum absolute atomic E-state index is 13.5. The molecule has 3 unspecified atom stereocenters. The standard InChI is InChI=1S/C73H121N2O7P/c1-7-10-13-16-19-22-25-28-30-32-34-35-36-37-38-39-41-43-45-48-51-54-57-60-63-66-73(77)82-71(64-61-58-55-52-49-46-27-24-21-18-15-12-9-3)70(69-81-83(78,79)80-68-67-75(4,5)6)74-72(76)65-62-59-56-53-50-47-44-42-40-33-31-29-26-23-20-17-14-11-8-2/h10-11,13-14,19-20,22-23,28-31,34-35,37-38,40-43,47,50,56,59,61,64,70-71H,7-9,12,15-18,21,24-27,32-33,36,39,44-46,48-49,51-55,57-58,60,62-63,65-69H2,1-6H3,(H-,74,76,78,79)/b13-10-,14-11-,22-19-,23-20-,30-28-,31-29-,35-34-,38-37-,42-40-,43-41-,50-47-,59-56-,64-61-. The number of nitrogens with one attached hydrogen (secondary N) is 1. The van der Waals surface area contributed by atoms with Crippen molar-refractivity contribution in [3.63, 3.8) is 0 Å². The molecule has 3 atom stereocenters. The number of likely N-dealkylation sites (N-methyl/N-ethyl adjacent to an activating group) is 1. The van der Waals surface area contributed by atoms with Gasteiger partial charge >= 0.3 is 5.97 Å². The number of carbonyl (C=O) groups excluding carboxylic acids is 2. The molecule has 0 rings (SSSR count). The van der Waals surface area contributed by atoms with Crippen molar-refractivity contribution in [3.05, 3.63) is 158 Å². The van der Waals surface area contributed by atoms with E-state index >= 15 is 0 Å². The molecule has 0 spiro atoms. The molecule has 0 fully saturated rings. The maximum Gasteiger partial charge on any atom is 0.306 e. The number of unbranched alkanes of at least 4 members (excludes halogenated alkanes) is 17. The third-order valence-electron chi connectivity index (χ3n) is 13.5. The zero-order valence-electron chi connectivity index (χ0n) is 53.6. The van der Waals surface area contributed by atoms with E-state index < -0.39 is 26.6 Å². The van der Waals surface area contributed by atoms with Crippen molar-refractivity contribution in [1.29, 1.82) is 0 Å². The molecule has 0 aliphatic carbocycles. The molecule has 0 saturated heterocycles. The third-order valence-corrected chi connectivity index (χ3v) is 14.4. The Bertz CT molecular complexity index is 1980. The highest BCUT2D eigenvalue weighted by Crippen LogP contribution is 2.38. The van der Waals surface area contributed by atoms with E-state index in [1.54, 1.807) is 6.08 Å². The summed E-state index contributed by atoms with van der Waals surface area (Å²) in [6.07, 6.45) is 89.4. The van der Waals surface area contributed by atoms with Crippen LogP contribution in [0, 0.1) is 0 Å². The van der Waals surface area contributed by atoms with Gasteiger partial charge in [0, 0.05) is 12.8 Å². The number of allylic oxidation sites excluding steroid dienone is 25. The summed E-state index contributed by atoms with van der Waals surface area (Å²) in [6.45, 7) is 6.53. The van der Waals surface area contributed by atoms with Gasteiger partial charge in [-0.1, -0.05) is 263 Å². The molecule has 83 heavy (non-hydrogen) atoms. The molecule has 0 aromatic carbocycles. The first-order chi connectivity index (χ1) is 40.4. The first kappa shape index (κ1) is 78.6. The Kier molecular flexibility index (Phi) is 57.5. The lowest BCUT2D eigenvalue weighted by atomic mass is 10.0. The Morgan fingerprint density at radius 3 is 1.18 bits per heavy atom. The largest absolute Gasteiger partial charge is 0.756 e. The van der Waals surface area contributed by atoms with Gasteiger partial charge in [-0.2, -0.15) is 0 Å². The Morgan fingerprint density at radius 2 is 0.783 bits per heavy atom. The van der Waals surface area contributed by atoms with E-state index in [9.17, 15) is 19.0 Å². The minimum atomic E-state index is -4.74. The fourth-order valence-electron chi connectivity index (χ4n) is 8.49. The summed E-state index contributed by atoms with van der Waals surface area (Å²) in [5.74, 6) is -0.667. The lowest BCUT2D eigenvalue weighted by Gasteiger charge is -2.30. The van der Waals surface area contributed by atoms with Crippen LogP contribution in [-0.4, -0.2) is 69.4 Å². The summed E-state index contributed by atoms with van der Waals surface area (Å²) in [7, 11) is 1.11. The Balaban J connectivity index is 5.36. The zero-order chi connectivity index (χ0) is 60.7. The molecule has 0 aliphatic heterocycles. The van der Waals surface area contributed by atoms with Gasteiger partial charge in [-0.05, 0) is 122 Å². The number of hydrogen-bond donors (Lipinski definition) is 1. The molecule has 0 heterocycles. The van der Waals surface area contributed by atoms with Gasteiger partial charge in [0.2, 0.25) is 5.91 Å². The van der Waals surface area contributed by atoms with E-state index in [1.165, 1.54) is 57.8 Å². The van der Waals surface area contributed by atoms with Crippen molar-refractivity contribution < 1.29 is 37.3 Å². The van der Waals surface area contributed by atoms with Crippen LogP contribution in [0.3, 0.4) is 0 Å². The Hall–Kier alpha value is -4.37. The molecule has 470 valence electrons. The van der Waals surface area contributed by atoms with Gasteiger partial charge in [0.25, 0.3) is 7.82 Å². The predicted molar refractivity (Wildman–Crippen MR) is 357 cm³/mol. The average Bonchev–Trinajstić information content (AvgIpc) is 3.46. The smallest absolute Gasteiger partial charge is 0.306 e. The summed E-state index contributed by atoms with van der Waals surface area (Å²) in [6, 6.07) is -0.948. The minimum Gasteiger partial charge on any atom is -0.756 e. The van der Waals surface area contributed by atoms with Crippen molar-refractivity contribution in [3.8, 4) is 0 Å². The van der Waals surface area contributed by atoms with Crippen LogP contribution in [0.5, 0.6) is 0 Å². The number of quaternary nitrogens is 1. The number of ether oxygens (including phenoxy) is 1. The lowest BCUT2D eigenvalue weighted by Crippen LogP contribution is -2.47. The molecule has 0 aliphatic rings. The van der Waals surface area contributed by atoms with Gasteiger partial charge in [0.05, 0.1) is 33.8 Å². The van der Waals surface area contributed by atoms with Crippen molar-refractivity contribution in [2.75, 3.05) is 40.9 Å². The van der Waals surface area contributed by atoms with Crippen molar-refractivity contribution >= 4 is 19.7 Å². The minimum absolute atomic E-state index is 0.0476. The van der Waals surface area contributed by atoms with Crippen LogP contribution in [0.25, 0.3) is 0 Å². The number of phosphoric acid groups is 1. The predicted octanol–water partition coefficient (Wildman–Crippen LogP) is 20.1. The highest BCUT2D eigenvalue weighted by molar-refractivity contribution is 7.45. The fourth-order valence-corrected chi connectivity index (χ4v) is 9.21. The fraction of sp³-hybridized carbons (Fsp3) is 0.616. The van der Waals surface area contributed by atoms with Crippen LogP contribution in [0.1, 0.15) is 239 Å². The number of rotatable bonds is 57. The number of carbonyl (C=O) groups is 2. The second kappa shape index (κ2) is 60.7. The molecule has 9 nitrogen and oxygen atoms in total. The maximum atomic E-state index is 13.5. The van der Waals surface area contributed by atoms with Gasteiger partial charge in [0.1, 0.15) is 19.3 Å². The second-order valence-corrected chi connectivity index (χ2v) is 23.9. The van der Waals surface area contributed by atoms with Crippen molar-refractivity contribution in [1.82, 2.24) is 5.32 Å². The van der Waals surface area contributed by atoms with Gasteiger partial charge in [0.15, 0.2) is 0 Å². The SMILES string of the molecule is CC/C=C\C/C=C\C/C=C\C/C=C\C/C=C\C/C=C\CCCCCCCCC(=O)OC(/C=C\CCCCCCCCCCCCC)C(COP(=O)([O-])OCC[N+](C)(C)C)NC(=O)CC/C=C\C/C=C\C/C=C\C/C=C\C/C=C\C/C=C\CC. The van der Waals surface area contributed by atoms with E-state index in [0.29, 0.717) is 23.9 Å². The Morgan fingerprint density at radius 1 is 0.434 bits per heavy atom. The van der Waals surface area contributed by atoms with Gasteiger partial charge < -0.3 is 28.5 Å². The summed E-state index contributed by atoms with van der Waals surface area (Å²) in [4.78, 5) is 40.1. The molecule has 1 N–H and O–H groups in total. The number of nitrogens with zero attached hydrogens (tertiary/aromatic N) is 1. The molecular weight excluding hydrogens is 1050 g/mol. The number of phosphoric ester groups is 1. The van der Waals surface area contributed by atoms with Crippen molar-refractivity contribution in [2.45, 2.75) is 251 Å². The summed E-state index contributed by atoms with van der Waals surface area (Å²) >= 11 is 0. The first-order valence-electron chi connectivity index (χ1n) is 32.8. The van der Waals surface area contributed by atoms with E-state index in [4.69, 9.17) is 13.8 Å². The van der Waals surface area contributed by atoms with Crippen LogP contribution in [0.4, 0.5) is 0 Å². The van der Waals surface area contributed by atoms with Crippen LogP contribution in [0.2, 0.25) is 0 Å². The molecule has 0 aromatic heterocycles. The van der Waals surface area contributed by atoms with E-state index in [2.05, 4.69) is 160 Å². The van der Waals surface area contributed by atoms with E-state index in [-0.39, 0.29) is 31.3 Å². The Labute approximate surface area is 510 Å². The molecular formula is C73H121N2O7P. The van der Waals surface area contributed by atoms with Crippen LogP contribution < -0.4 is 10.2 Å². The number of amides is 1. The zero-order valence-corrected chi connectivity index (χ0v) is 54.5. The third kappa shape index (κ3) is 62.0. The van der Waals surface area contributed by atoms with Crippen molar-refractivity contribution in [2.24, 2.45) is 0 Å². The van der Waals surface area contributed by atoms with Crippen LogP contribution in [-0.2, 0) is 27.9 Å². The lowest BCUT2D eigenvalue weighted by molar-refractivity contribution is -0.870. The monoisotopic (exact) mass is 1170 g/mol. The molecule has 10 heteroatoms. The summed E-state index contributed by atoms with van der Waals surface area (Å²) in [5, 5.41) is 2.98. The molecule has 0 bridgehead atoms. The summed E-state index contributed by atoms with van der Waals surface area (Å²) in [5.41, 5.74) is 0. The number of esters is 1. The summed E-state index contributed by atoms with van der Waals surface area (Å²) < 4.78 is 30.3. The van der Waals surface area contributed by atoms with E-state index in [0.717, 1.165) is 135 Å². The van der Waals surface area contributed by atoms with Gasteiger partial charge in [-0.25, -0.2) is 0 Å². The second-order valence-electron chi connectivity index (χ2n) is 22.5. The first-order valence-corrected chi connectivity index (χ1v) is 34.3. The highest BCUT2D eigenvalue weighted by atomic mass is 31.2. The normalized spacial score (nSPS) is 14.6. The van der Waals surface area contributed by atoms with Gasteiger partial charge in [-0.3, -0.25) is 14.2 Å². The average molecular weight is 1170 g/mol. The molecule has 1 amide bonds. The van der Waals surface area contributed by atoms with E-state index in [1.807, 2.05) is 39.4 Å². The van der Waals surface area contributed by atoms with Crippen LogP contribution >= 0.6 is 7.82 Å². The number of hydrogen-bond acceptors (Lipinski definition) is 7. The quantitative estimate of drug-likeness (QED) is 0.0212. The topological polar surface area (TPSA) is 114 Å². The molecule has 0 radical (unpaired) electrons. The molecule has 0 aromatic rings. The highest BCUT2D eigenvalue weighted by Gasteiger charge is 2.27. The van der Waals surface area contributed by atoms with Gasteiger partial charge in [-0.15, -0.1) is 0 Å². The van der Waals surface area contributed by atoms with Crippen LogP contribution in [0.15, 0.2) is 158 Å². The molecule has 0 saturated carbocycles.